The van der Waals surface area contributed by atoms with Crippen LogP contribution in [0.2, 0.25) is 0 Å². The average Bonchev–Trinajstić information content (AvgIpc) is 3.03. The molecule has 254 valence electrons. The second-order valence-corrected chi connectivity index (χ2v) is 13.7. The Morgan fingerprint density at radius 1 is 0.959 bits per heavy atom. The molecule has 0 saturated heterocycles. The van der Waals surface area contributed by atoms with Crippen LogP contribution < -0.4 is 15.8 Å². The summed E-state index contributed by atoms with van der Waals surface area (Å²) in [6.07, 6.45) is 0.0114. The van der Waals surface area contributed by atoms with Crippen molar-refractivity contribution in [3.05, 3.63) is 94.3 Å². The van der Waals surface area contributed by atoms with E-state index in [4.69, 9.17) is 10.5 Å². The van der Waals surface area contributed by atoms with E-state index in [-0.39, 0.29) is 35.6 Å². The highest BCUT2D eigenvalue weighted by molar-refractivity contribution is 6.25. The third-order valence-corrected chi connectivity index (χ3v) is 10.3. The molecule has 3 aromatic carbocycles. The maximum Gasteiger partial charge on any atom is 0.255 e. The number of hydrogen-bond acceptors (Lipinski definition) is 10. The van der Waals surface area contributed by atoms with E-state index in [9.17, 15) is 39.6 Å². The lowest BCUT2D eigenvalue weighted by Gasteiger charge is -2.59. The minimum Gasteiger partial charge on any atom is -0.508 e. The van der Waals surface area contributed by atoms with Gasteiger partial charge in [0.15, 0.2) is 11.4 Å². The lowest BCUT2D eigenvalue weighted by atomic mass is 9.46. The molecule has 1 fully saturated rings. The summed E-state index contributed by atoms with van der Waals surface area (Å²) in [5.74, 6) is -4.96. The topological polar surface area (TPSA) is 200 Å². The molecule has 0 bridgehead atoms. The van der Waals surface area contributed by atoms with Crippen molar-refractivity contribution in [2.75, 3.05) is 26.5 Å². The first-order chi connectivity index (χ1) is 23.0. The third kappa shape index (κ3) is 4.73. The molecule has 0 radical (unpaired) electrons. The second kappa shape index (κ2) is 11.3. The van der Waals surface area contributed by atoms with Crippen LogP contribution >= 0.6 is 0 Å². The normalized spacial score (nSPS) is 26.2. The summed E-state index contributed by atoms with van der Waals surface area (Å²) in [5, 5.41) is 49.0. The summed E-state index contributed by atoms with van der Waals surface area (Å²) < 4.78 is 5.15. The van der Waals surface area contributed by atoms with Crippen LogP contribution in [0.5, 0.6) is 11.5 Å². The van der Waals surface area contributed by atoms with Gasteiger partial charge in [-0.1, -0.05) is 32.0 Å². The second-order valence-electron chi connectivity index (χ2n) is 13.7. The van der Waals surface area contributed by atoms with Crippen molar-refractivity contribution in [3.63, 3.8) is 0 Å². The van der Waals surface area contributed by atoms with E-state index in [1.54, 1.807) is 75.6 Å². The lowest BCUT2D eigenvalue weighted by molar-refractivity contribution is -0.176. The zero-order valence-electron chi connectivity index (χ0n) is 27.6. The van der Waals surface area contributed by atoms with E-state index in [1.807, 2.05) is 0 Å². The summed E-state index contributed by atoms with van der Waals surface area (Å²) in [4.78, 5) is 54.7. The number of phenolic OH excluding ortho intramolecular Hbond substituents is 1. The van der Waals surface area contributed by atoms with Gasteiger partial charge in [-0.3, -0.25) is 24.1 Å². The summed E-state index contributed by atoms with van der Waals surface area (Å²) >= 11 is 0. The van der Waals surface area contributed by atoms with E-state index in [1.165, 1.54) is 25.0 Å². The fourth-order valence-corrected chi connectivity index (χ4v) is 8.27. The van der Waals surface area contributed by atoms with Gasteiger partial charge in [0.1, 0.15) is 28.6 Å². The number of nitrogens with zero attached hydrogens (tertiary/aromatic N) is 1. The zero-order valence-corrected chi connectivity index (χ0v) is 27.6. The summed E-state index contributed by atoms with van der Waals surface area (Å²) in [5.41, 5.74) is 1.45. The monoisotopic (exact) mass is 667 g/mol. The highest BCUT2D eigenvalue weighted by atomic mass is 16.5. The highest BCUT2D eigenvalue weighted by Crippen LogP contribution is 2.63. The Hall–Kier alpha value is -5.46. The van der Waals surface area contributed by atoms with Crippen molar-refractivity contribution in [3.8, 4) is 22.6 Å². The number of carbonyl (C=O) groups is 4. The Morgan fingerprint density at radius 2 is 1.59 bits per heavy atom. The predicted molar refractivity (Wildman–Crippen MR) is 180 cm³/mol. The number of likely N-dealkylation sites (N-methyl/N-ethyl adjacent to an activating group) is 1. The third-order valence-electron chi connectivity index (χ3n) is 10.3. The fraction of sp³-hybridized carbons (Fsp3) is 0.297. The van der Waals surface area contributed by atoms with Crippen molar-refractivity contribution < 1.29 is 44.3 Å². The van der Waals surface area contributed by atoms with Gasteiger partial charge in [0.25, 0.3) is 11.8 Å². The number of nitrogens with two attached hydrogens (primary N) is 1. The molecule has 4 atom stereocenters. The van der Waals surface area contributed by atoms with Crippen LogP contribution in [0, 0.1) is 10.8 Å². The molecule has 3 aliphatic rings. The molecule has 49 heavy (non-hydrogen) atoms. The maximum absolute atomic E-state index is 14.5. The van der Waals surface area contributed by atoms with Crippen molar-refractivity contribution in [2.24, 2.45) is 16.6 Å². The molecule has 0 unspecified atom stereocenters. The Bertz CT molecular complexity index is 2020. The number of fused-ring (bicyclic) bond motifs is 3. The van der Waals surface area contributed by atoms with Gasteiger partial charge in [0.05, 0.1) is 18.7 Å². The van der Waals surface area contributed by atoms with Crippen molar-refractivity contribution in [1.82, 2.24) is 4.90 Å². The van der Waals surface area contributed by atoms with Crippen LogP contribution in [0.3, 0.4) is 0 Å². The van der Waals surface area contributed by atoms with E-state index >= 15 is 0 Å². The largest absolute Gasteiger partial charge is 0.508 e. The van der Waals surface area contributed by atoms with Gasteiger partial charge >= 0.3 is 0 Å². The van der Waals surface area contributed by atoms with Crippen LogP contribution in [0.15, 0.2) is 77.6 Å². The molecular weight excluding hydrogens is 630 g/mol. The fourth-order valence-electron chi connectivity index (χ4n) is 8.27. The molecule has 2 amide bonds. The van der Waals surface area contributed by atoms with Crippen LogP contribution in [0.4, 0.5) is 5.69 Å². The van der Waals surface area contributed by atoms with Crippen molar-refractivity contribution in [2.45, 2.75) is 38.3 Å². The number of ether oxygens (including phenoxy) is 1. The molecule has 1 saturated carbocycles. The SMILES string of the molecule is COc1ccc(C(=O)Nc2ccc(-c3ccc(O)c4c3C[C@@]3(C)C[C@@]5(C)[C@H](N(C)C)C(=O)C(C(N)=O)=C(O)[C@@]5(O)C(=O)C3=C4O)cc2)cc1. The Labute approximate surface area is 282 Å². The summed E-state index contributed by atoms with van der Waals surface area (Å²) in [6.45, 7) is 3.22. The number of amides is 2. The number of nitrogens with one attached hydrogen (secondary N) is 1. The molecule has 0 aliphatic heterocycles. The number of anilines is 1. The number of phenols is 1. The minimum absolute atomic E-state index is 0.0166. The quantitative estimate of drug-likeness (QED) is 0.211. The Morgan fingerprint density at radius 3 is 2.16 bits per heavy atom. The number of aromatic hydroxyl groups is 1. The van der Waals surface area contributed by atoms with Gasteiger partial charge in [-0.2, -0.15) is 0 Å². The van der Waals surface area contributed by atoms with E-state index < -0.39 is 57.0 Å². The molecule has 12 nitrogen and oxygen atoms in total. The Kier molecular flexibility index (Phi) is 7.72. The first-order valence-corrected chi connectivity index (χ1v) is 15.6. The number of primary amides is 1. The molecule has 3 aliphatic carbocycles. The van der Waals surface area contributed by atoms with Gasteiger partial charge in [0.2, 0.25) is 5.78 Å². The van der Waals surface area contributed by atoms with E-state index in [0.29, 0.717) is 33.7 Å². The van der Waals surface area contributed by atoms with Gasteiger partial charge in [-0.25, -0.2) is 0 Å². The van der Waals surface area contributed by atoms with Crippen LogP contribution in [-0.4, -0.2) is 81.6 Å². The number of rotatable bonds is 6. The highest BCUT2D eigenvalue weighted by Gasteiger charge is 2.72. The van der Waals surface area contributed by atoms with Crippen molar-refractivity contribution >= 4 is 34.8 Å². The number of benzene rings is 3. The predicted octanol–water partition coefficient (Wildman–Crippen LogP) is 3.67. The molecule has 0 spiro atoms. The lowest BCUT2D eigenvalue weighted by Crippen LogP contribution is -2.72. The number of Topliss-reactive ketones (excluding diaryl/α,β-unsaturated/α-hetero) is 2. The van der Waals surface area contributed by atoms with Crippen molar-refractivity contribution in [1.29, 1.82) is 0 Å². The van der Waals surface area contributed by atoms with Gasteiger partial charge in [0, 0.05) is 27.7 Å². The number of carbonyl (C=O) groups excluding carboxylic acids is 4. The number of hydrogen-bond donors (Lipinski definition) is 6. The first kappa shape index (κ1) is 33.4. The standard InChI is InChI=1S/C37H37N3O9/c1-35-16-23-22(18-6-10-20(11-7-18)39-34(47)19-8-12-21(49-5)13-9-19)14-15-24(41)25(23)28(42)27(35)32(45)37(48)31(44)26(33(38)46)29(43)30(40(3)4)36(37,2)17-35/h6-15,30,41-42,44,48H,16-17H2,1-5H3,(H2,38,46)(H,39,47)/t30-,35+,36+,37-/m1/s1. The van der Waals surface area contributed by atoms with Crippen LogP contribution in [0.25, 0.3) is 16.9 Å². The number of methoxy groups -OCH3 is 1. The van der Waals surface area contributed by atoms with Gasteiger partial charge in [-0.05, 0) is 86.1 Å². The first-order valence-electron chi connectivity index (χ1n) is 15.6. The zero-order chi connectivity index (χ0) is 35.8. The van der Waals surface area contributed by atoms with Gasteiger partial charge in [-0.15, -0.1) is 0 Å². The molecular formula is C37H37N3O9. The molecule has 7 N–H and O–H groups in total. The van der Waals surface area contributed by atoms with Crippen LogP contribution in [-0.2, 0) is 20.8 Å². The van der Waals surface area contributed by atoms with E-state index in [0.717, 1.165) is 0 Å². The molecule has 12 heteroatoms. The summed E-state index contributed by atoms with van der Waals surface area (Å²) in [7, 11) is 4.65. The van der Waals surface area contributed by atoms with Crippen LogP contribution in [0.1, 0.15) is 41.8 Å². The minimum atomic E-state index is -2.79. The van der Waals surface area contributed by atoms with E-state index in [2.05, 4.69) is 5.32 Å². The summed E-state index contributed by atoms with van der Waals surface area (Å²) in [6, 6.07) is 15.5. The smallest absolute Gasteiger partial charge is 0.255 e. The Balaban J connectivity index is 1.44. The molecule has 6 rings (SSSR count). The molecule has 0 heterocycles. The maximum atomic E-state index is 14.5. The molecule has 0 aromatic heterocycles. The number of ketones is 2. The number of aliphatic hydroxyl groups excluding tert-OH is 2. The van der Waals surface area contributed by atoms with Gasteiger partial charge < -0.3 is 36.2 Å². The number of aliphatic hydroxyl groups is 3. The average molecular weight is 668 g/mol. The molecule has 3 aromatic rings.